The van der Waals surface area contributed by atoms with Crippen molar-refractivity contribution in [2.24, 2.45) is 0 Å². The maximum absolute atomic E-state index is 4.54. The molecule has 100 valence electrons. The van der Waals surface area contributed by atoms with E-state index in [0.29, 0.717) is 0 Å². The van der Waals surface area contributed by atoms with Gasteiger partial charge < -0.3 is 0 Å². The topological polar surface area (TPSA) is 31.9 Å². The molecule has 0 unspecified atom stereocenters. The van der Waals surface area contributed by atoms with Gasteiger partial charge in [-0.1, -0.05) is 36.8 Å². The first kappa shape index (κ1) is 12.4. The van der Waals surface area contributed by atoms with Crippen molar-refractivity contribution in [3.05, 3.63) is 41.1 Å². The van der Waals surface area contributed by atoms with Crippen LogP contribution in [0.3, 0.4) is 0 Å². The number of hydrogen-bond acceptors (Lipinski definition) is 2. The predicted octanol–water partition coefficient (Wildman–Crippen LogP) is 3.15. The Bertz CT molecular complexity index is 554. The lowest BCUT2D eigenvalue weighted by atomic mass is 10.0. The number of aromatic amines is 1. The molecule has 1 aromatic heterocycles. The highest BCUT2D eigenvalue weighted by atomic mass is 15.2. The van der Waals surface area contributed by atoms with Gasteiger partial charge in [0.2, 0.25) is 0 Å². The molecule has 1 N–H and O–H groups in total. The summed E-state index contributed by atoms with van der Waals surface area (Å²) in [6, 6.07) is 8.65. The maximum atomic E-state index is 4.54. The summed E-state index contributed by atoms with van der Waals surface area (Å²) in [6.45, 7) is 7.72. The predicted molar refractivity (Wildman–Crippen MR) is 78.0 cm³/mol. The van der Waals surface area contributed by atoms with Crippen LogP contribution in [0, 0.1) is 6.92 Å². The molecule has 19 heavy (non-hydrogen) atoms. The van der Waals surface area contributed by atoms with Gasteiger partial charge in [-0.3, -0.25) is 10.00 Å². The van der Waals surface area contributed by atoms with Gasteiger partial charge in [0.05, 0.1) is 5.69 Å². The number of aryl methyl sites for hydroxylation is 1. The van der Waals surface area contributed by atoms with Crippen molar-refractivity contribution in [2.45, 2.75) is 33.2 Å². The van der Waals surface area contributed by atoms with Gasteiger partial charge >= 0.3 is 0 Å². The zero-order chi connectivity index (χ0) is 13.2. The molecule has 0 atom stereocenters. The Hall–Kier alpha value is -1.61. The summed E-state index contributed by atoms with van der Waals surface area (Å²) in [7, 11) is 0. The normalized spacial score (nSPS) is 15.5. The molecule has 0 fully saturated rings. The van der Waals surface area contributed by atoms with Crippen LogP contribution < -0.4 is 0 Å². The number of rotatable bonds is 3. The molecule has 3 heteroatoms. The van der Waals surface area contributed by atoms with E-state index in [1.165, 1.54) is 35.3 Å². The highest BCUT2D eigenvalue weighted by Gasteiger charge is 2.21. The molecule has 1 aliphatic heterocycles. The minimum atomic E-state index is 1.03. The fourth-order valence-electron chi connectivity index (χ4n) is 2.81. The van der Waals surface area contributed by atoms with Crippen LogP contribution in [0.5, 0.6) is 0 Å². The molecule has 0 bridgehead atoms. The van der Waals surface area contributed by atoms with Gasteiger partial charge in [0.15, 0.2) is 0 Å². The molecular formula is C16H21N3. The lowest BCUT2D eigenvalue weighted by molar-refractivity contribution is 0.254. The summed E-state index contributed by atoms with van der Waals surface area (Å²) in [6.07, 6.45) is 2.31. The smallest absolute Gasteiger partial charge is 0.0968 e. The Balaban J connectivity index is 1.92. The molecule has 0 spiro atoms. The van der Waals surface area contributed by atoms with E-state index in [2.05, 4.69) is 53.2 Å². The van der Waals surface area contributed by atoms with Crippen LogP contribution in [0.2, 0.25) is 0 Å². The number of nitrogens with zero attached hydrogens (tertiary/aromatic N) is 2. The van der Waals surface area contributed by atoms with E-state index in [1.54, 1.807) is 0 Å². The van der Waals surface area contributed by atoms with Gasteiger partial charge in [-0.05, 0) is 19.9 Å². The number of H-pyrrole nitrogens is 1. The highest BCUT2D eigenvalue weighted by Crippen LogP contribution is 2.28. The maximum Gasteiger partial charge on any atom is 0.0968 e. The van der Waals surface area contributed by atoms with Crippen LogP contribution in [0.1, 0.15) is 30.2 Å². The first-order valence-electron chi connectivity index (χ1n) is 7.13. The van der Waals surface area contributed by atoms with E-state index >= 15 is 0 Å². The third-order valence-corrected chi connectivity index (χ3v) is 3.88. The van der Waals surface area contributed by atoms with Gasteiger partial charge in [0.25, 0.3) is 0 Å². The summed E-state index contributed by atoms with van der Waals surface area (Å²) >= 11 is 0. The minimum Gasteiger partial charge on any atom is -0.299 e. The van der Waals surface area contributed by atoms with Crippen molar-refractivity contribution < 1.29 is 0 Å². The number of nitrogens with one attached hydrogen (secondary N) is 1. The Morgan fingerprint density at radius 1 is 1.26 bits per heavy atom. The Labute approximate surface area is 114 Å². The minimum absolute atomic E-state index is 1.03. The van der Waals surface area contributed by atoms with E-state index in [9.17, 15) is 0 Å². The van der Waals surface area contributed by atoms with Crippen molar-refractivity contribution in [3.63, 3.8) is 0 Å². The molecule has 3 nitrogen and oxygen atoms in total. The summed E-state index contributed by atoms with van der Waals surface area (Å²) in [5.41, 5.74) is 6.37. The summed E-state index contributed by atoms with van der Waals surface area (Å²) in [5, 5.41) is 7.77. The Kier molecular flexibility index (Phi) is 3.38. The first-order valence-corrected chi connectivity index (χ1v) is 7.13. The second-order valence-electron chi connectivity index (χ2n) is 5.42. The summed E-state index contributed by atoms with van der Waals surface area (Å²) in [5.74, 6) is 0. The molecular weight excluding hydrogens is 234 g/mol. The molecule has 3 rings (SSSR count). The van der Waals surface area contributed by atoms with Gasteiger partial charge in [-0.25, -0.2) is 0 Å². The van der Waals surface area contributed by atoms with Crippen LogP contribution in [0.15, 0.2) is 24.3 Å². The average molecular weight is 255 g/mol. The van der Waals surface area contributed by atoms with Crippen LogP contribution in [-0.4, -0.2) is 28.2 Å². The van der Waals surface area contributed by atoms with E-state index < -0.39 is 0 Å². The number of hydrogen-bond donors (Lipinski definition) is 1. The van der Waals surface area contributed by atoms with Crippen LogP contribution in [0.4, 0.5) is 0 Å². The average Bonchev–Trinajstić information content (AvgIpc) is 2.83. The molecule has 0 radical (unpaired) electrons. The fraction of sp³-hybridized carbons (Fsp3) is 0.438. The monoisotopic (exact) mass is 255 g/mol. The summed E-state index contributed by atoms with van der Waals surface area (Å²) < 4.78 is 0. The standard InChI is InChI=1S/C16H21N3/c1-3-9-19-10-8-15-14(11-19)16(18-17-15)13-6-4-12(2)5-7-13/h4-7H,3,8-11H2,1-2H3,(H,17,18). The second-order valence-corrected chi connectivity index (χ2v) is 5.42. The third-order valence-electron chi connectivity index (χ3n) is 3.88. The second kappa shape index (κ2) is 5.17. The van der Waals surface area contributed by atoms with Crippen molar-refractivity contribution in [3.8, 4) is 11.3 Å². The molecule has 1 aromatic carbocycles. The van der Waals surface area contributed by atoms with E-state index in [4.69, 9.17) is 0 Å². The third kappa shape index (κ3) is 2.43. The molecule has 2 heterocycles. The number of fused-ring (bicyclic) bond motifs is 1. The van der Waals surface area contributed by atoms with Crippen LogP contribution in [0.25, 0.3) is 11.3 Å². The number of benzene rings is 1. The largest absolute Gasteiger partial charge is 0.299 e. The van der Waals surface area contributed by atoms with Crippen molar-refractivity contribution in [1.82, 2.24) is 15.1 Å². The molecule has 0 saturated heterocycles. The lowest BCUT2D eigenvalue weighted by Crippen LogP contribution is -2.31. The van der Waals surface area contributed by atoms with Crippen molar-refractivity contribution in [2.75, 3.05) is 13.1 Å². The van der Waals surface area contributed by atoms with Crippen LogP contribution in [-0.2, 0) is 13.0 Å². The zero-order valence-corrected chi connectivity index (χ0v) is 11.7. The zero-order valence-electron chi connectivity index (χ0n) is 11.7. The van der Waals surface area contributed by atoms with Crippen molar-refractivity contribution >= 4 is 0 Å². The van der Waals surface area contributed by atoms with E-state index in [0.717, 1.165) is 25.2 Å². The van der Waals surface area contributed by atoms with Gasteiger partial charge in [0.1, 0.15) is 0 Å². The quantitative estimate of drug-likeness (QED) is 0.913. The molecule has 0 amide bonds. The van der Waals surface area contributed by atoms with Gasteiger partial charge in [0, 0.05) is 36.3 Å². The van der Waals surface area contributed by atoms with E-state index in [1.807, 2.05) is 0 Å². The molecule has 0 saturated carbocycles. The Morgan fingerprint density at radius 2 is 2.05 bits per heavy atom. The SMILES string of the molecule is CCCN1CCc2[nH]nc(-c3ccc(C)cc3)c2C1. The molecule has 0 aliphatic carbocycles. The lowest BCUT2D eigenvalue weighted by Gasteiger charge is -2.26. The Morgan fingerprint density at radius 3 is 2.79 bits per heavy atom. The fourth-order valence-corrected chi connectivity index (χ4v) is 2.81. The summed E-state index contributed by atoms with van der Waals surface area (Å²) in [4.78, 5) is 2.52. The molecule has 1 aliphatic rings. The van der Waals surface area contributed by atoms with Crippen molar-refractivity contribution in [1.29, 1.82) is 0 Å². The van der Waals surface area contributed by atoms with Gasteiger partial charge in [-0.15, -0.1) is 0 Å². The van der Waals surface area contributed by atoms with Gasteiger partial charge in [-0.2, -0.15) is 5.10 Å². The molecule has 2 aromatic rings. The van der Waals surface area contributed by atoms with Crippen LogP contribution >= 0.6 is 0 Å². The van der Waals surface area contributed by atoms with E-state index in [-0.39, 0.29) is 0 Å². The highest BCUT2D eigenvalue weighted by molar-refractivity contribution is 5.64. The first-order chi connectivity index (χ1) is 9.28. The number of aromatic nitrogens is 2.